The zero-order chi connectivity index (χ0) is 28.8. The molecule has 39 heavy (non-hydrogen) atoms. The maximum atomic E-state index is 13.4. The molecular weight excluding hydrogens is 500 g/mol. The number of benzene rings is 2. The molecule has 0 aliphatic rings. The molecule has 0 radical (unpaired) electrons. The number of carboxylic acids is 1. The summed E-state index contributed by atoms with van der Waals surface area (Å²) < 4.78 is 0. The number of carboxylic acid groups (broad SMARTS) is 1. The lowest BCUT2D eigenvalue weighted by molar-refractivity contribution is -0.142. The Morgan fingerprint density at radius 1 is 0.821 bits per heavy atom. The highest BCUT2D eigenvalue weighted by Gasteiger charge is 2.30. The second-order valence-electron chi connectivity index (χ2n) is 9.62. The van der Waals surface area contributed by atoms with E-state index in [2.05, 4.69) is 20.9 Å². The van der Waals surface area contributed by atoms with E-state index in [1.54, 1.807) is 30.3 Å². The van der Waals surface area contributed by atoms with Crippen LogP contribution in [0.1, 0.15) is 49.0 Å². The van der Waals surface area contributed by atoms with Gasteiger partial charge in [-0.3, -0.25) is 19.4 Å². The molecule has 2 aromatic carbocycles. The molecule has 0 bridgehead atoms. The Bertz CT molecular complexity index is 1120. The summed E-state index contributed by atoms with van der Waals surface area (Å²) in [4.78, 5) is 55.1. The molecule has 0 saturated carbocycles. The summed E-state index contributed by atoms with van der Waals surface area (Å²) in [6, 6.07) is 14.5. The van der Waals surface area contributed by atoms with Gasteiger partial charge in [-0.2, -0.15) is 0 Å². The van der Waals surface area contributed by atoms with Crippen molar-refractivity contribution in [2.24, 2.45) is 22.4 Å². The Labute approximate surface area is 228 Å². The number of rotatable bonds is 15. The Morgan fingerprint density at radius 2 is 1.38 bits per heavy atom. The third-order valence-corrected chi connectivity index (χ3v) is 5.84. The number of hydrogen-bond acceptors (Lipinski definition) is 5. The van der Waals surface area contributed by atoms with Gasteiger partial charge in [-0.25, -0.2) is 4.79 Å². The first-order valence-corrected chi connectivity index (χ1v) is 12.9. The van der Waals surface area contributed by atoms with E-state index in [0.717, 1.165) is 5.56 Å². The van der Waals surface area contributed by atoms with Crippen LogP contribution in [0.2, 0.25) is 0 Å². The second kappa shape index (κ2) is 15.8. The van der Waals surface area contributed by atoms with E-state index in [9.17, 15) is 24.3 Å². The topological polar surface area (TPSA) is 189 Å². The summed E-state index contributed by atoms with van der Waals surface area (Å²) in [5.41, 5.74) is 11.8. The van der Waals surface area contributed by atoms with E-state index < -0.39 is 41.8 Å². The summed E-state index contributed by atoms with van der Waals surface area (Å²) in [6.45, 7) is 3.99. The molecule has 0 heterocycles. The van der Waals surface area contributed by atoms with E-state index in [1.165, 1.54) is 0 Å². The zero-order valence-corrected chi connectivity index (χ0v) is 22.3. The van der Waals surface area contributed by atoms with Crippen LogP contribution < -0.4 is 27.4 Å². The Balaban J connectivity index is 2.18. The molecule has 11 nitrogen and oxygen atoms in total. The fraction of sp³-hybridized carbons (Fsp3) is 0.393. The zero-order valence-electron chi connectivity index (χ0n) is 22.3. The van der Waals surface area contributed by atoms with Crippen molar-refractivity contribution in [3.63, 3.8) is 0 Å². The van der Waals surface area contributed by atoms with Gasteiger partial charge in [0, 0.05) is 18.5 Å². The molecule has 0 aliphatic heterocycles. The molecule has 2 aromatic rings. The predicted molar refractivity (Wildman–Crippen MR) is 149 cm³/mol. The molecule has 0 fully saturated rings. The molecule has 8 N–H and O–H groups in total. The molecule has 3 atom stereocenters. The number of hydrogen-bond donors (Lipinski definition) is 6. The standard InChI is InChI=1S/C28H38N6O5/c1-18(2)16-22(25(36)32-21(27(38)39)14-9-15-31-28(29)30)34-26(37)23(17-19-10-5-3-6-11-19)33-24(35)20-12-7-4-8-13-20/h3-8,10-13,18,21-23H,9,14-17H2,1-2H3,(H,32,36)(H,33,35)(H,34,37)(H,38,39)(H4,29,30,31). The van der Waals surface area contributed by atoms with E-state index in [1.807, 2.05) is 44.2 Å². The Morgan fingerprint density at radius 3 is 1.95 bits per heavy atom. The molecule has 11 heteroatoms. The van der Waals surface area contributed by atoms with Crippen molar-refractivity contribution in [1.82, 2.24) is 16.0 Å². The molecule has 0 aromatic heterocycles. The van der Waals surface area contributed by atoms with Crippen molar-refractivity contribution in [2.75, 3.05) is 6.54 Å². The lowest BCUT2D eigenvalue weighted by atomic mass is 10.00. The first-order chi connectivity index (χ1) is 18.6. The molecule has 3 amide bonds. The van der Waals surface area contributed by atoms with Gasteiger partial charge in [0.2, 0.25) is 11.8 Å². The lowest BCUT2D eigenvalue weighted by Gasteiger charge is -2.25. The van der Waals surface area contributed by atoms with Crippen LogP contribution in [-0.2, 0) is 20.8 Å². The quantitative estimate of drug-likeness (QED) is 0.111. The van der Waals surface area contributed by atoms with Gasteiger partial charge in [0.05, 0.1) is 0 Å². The monoisotopic (exact) mass is 538 g/mol. The van der Waals surface area contributed by atoms with Crippen molar-refractivity contribution >= 4 is 29.7 Å². The van der Waals surface area contributed by atoms with Crippen LogP contribution >= 0.6 is 0 Å². The summed E-state index contributed by atoms with van der Waals surface area (Å²) in [5.74, 6) is -2.90. The largest absolute Gasteiger partial charge is 0.480 e. The SMILES string of the molecule is CC(C)CC(NC(=O)C(Cc1ccccc1)NC(=O)c1ccccc1)C(=O)NC(CCCN=C(N)N)C(=O)O. The molecule has 0 aliphatic carbocycles. The van der Waals surface area contributed by atoms with Gasteiger partial charge in [-0.1, -0.05) is 62.4 Å². The van der Waals surface area contributed by atoms with Gasteiger partial charge in [-0.15, -0.1) is 0 Å². The van der Waals surface area contributed by atoms with Crippen molar-refractivity contribution in [2.45, 2.75) is 57.7 Å². The number of carbonyl (C=O) groups is 4. The number of guanidine groups is 1. The van der Waals surface area contributed by atoms with Crippen LogP contribution in [0.5, 0.6) is 0 Å². The molecule has 210 valence electrons. The van der Waals surface area contributed by atoms with Crippen molar-refractivity contribution in [1.29, 1.82) is 0 Å². The number of nitrogens with zero attached hydrogens (tertiary/aromatic N) is 1. The Kier molecular flexibility index (Phi) is 12.4. The Hall–Kier alpha value is -4.41. The third kappa shape index (κ3) is 11.2. The first kappa shape index (κ1) is 30.8. The van der Waals surface area contributed by atoms with Gasteiger partial charge in [0.1, 0.15) is 18.1 Å². The molecule has 0 spiro atoms. The fourth-order valence-corrected chi connectivity index (χ4v) is 3.90. The minimum absolute atomic E-state index is 0.0117. The summed E-state index contributed by atoms with van der Waals surface area (Å²) in [7, 11) is 0. The number of carbonyl (C=O) groups excluding carboxylic acids is 3. The maximum absolute atomic E-state index is 13.4. The summed E-state index contributed by atoms with van der Waals surface area (Å²) in [5, 5.41) is 17.6. The molecule has 2 rings (SSSR count). The highest BCUT2D eigenvalue weighted by molar-refractivity contribution is 5.98. The van der Waals surface area contributed by atoms with E-state index in [-0.39, 0.29) is 37.7 Å². The van der Waals surface area contributed by atoms with Crippen LogP contribution in [0.25, 0.3) is 0 Å². The molecular formula is C28H38N6O5. The van der Waals surface area contributed by atoms with Gasteiger partial charge in [0.15, 0.2) is 5.96 Å². The smallest absolute Gasteiger partial charge is 0.326 e. The van der Waals surface area contributed by atoms with Crippen LogP contribution in [0.15, 0.2) is 65.7 Å². The number of nitrogens with one attached hydrogen (secondary N) is 3. The molecule has 3 unspecified atom stereocenters. The van der Waals surface area contributed by atoms with E-state index >= 15 is 0 Å². The van der Waals surface area contributed by atoms with Gasteiger partial charge in [-0.05, 0) is 42.9 Å². The van der Waals surface area contributed by atoms with Crippen molar-refractivity contribution in [3.05, 3.63) is 71.8 Å². The maximum Gasteiger partial charge on any atom is 0.326 e. The van der Waals surface area contributed by atoms with Crippen LogP contribution in [0.4, 0.5) is 0 Å². The number of nitrogens with two attached hydrogens (primary N) is 2. The average Bonchev–Trinajstić information content (AvgIpc) is 2.90. The minimum Gasteiger partial charge on any atom is -0.480 e. The van der Waals surface area contributed by atoms with Crippen molar-refractivity contribution in [3.8, 4) is 0 Å². The number of amides is 3. The van der Waals surface area contributed by atoms with Gasteiger partial charge in [0.25, 0.3) is 5.91 Å². The van der Waals surface area contributed by atoms with E-state index in [0.29, 0.717) is 12.0 Å². The average molecular weight is 539 g/mol. The highest BCUT2D eigenvalue weighted by Crippen LogP contribution is 2.10. The lowest BCUT2D eigenvalue weighted by Crippen LogP contribution is -2.56. The summed E-state index contributed by atoms with van der Waals surface area (Å²) in [6.07, 6.45) is 0.900. The van der Waals surface area contributed by atoms with Gasteiger partial charge >= 0.3 is 5.97 Å². The predicted octanol–water partition coefficient (Wildman–Crippen LogP) is 1.18. The third-order valence-electron chi connectivity index (χ3n) is 5.84. The minimum atomic E-state index is -1.21. The van der Waals surface area contributed by atoms with Crippen LogP contribution in [0.3, 0.4) is 0 Å². The first-order valence-electron chi connectivity index (χ1n) is 12.9. The van der Waals surface area contributed by atoms with Crippen molar-refractivity contribution < 1.29 is 24.3 Å². The fourth-order valence-electron chi connectivity index (χ4n) is 3.90. The normalized spacial score (nSPS) is 13.0. The van der Waals surface area contributed by atoms with Gasteiger partial charge < -0.3 is 32.5 Å². The highest BCUT2D eigenvalue weighted by atomic mass is 16.4. The second-order valence-corrected chi connectivity index (χ2v) is 9.62. The number of aliphatic imine (C=N–C) groups is 1. The summed E-state index contributed by atoms with van der Waals surface area (Å²) >= 11 is 0. The van der Waals surface area contributed by atoms with Crippen LogP contribution in [-0.4, -0.2) is 59.4 Å². The number of aliphatic carboxylic acids is 1. The van der Waals surface area contributed by atoms with E-state index in [4.69, 9.17) is 11.5 Å². The molecule has 0 saturated heterocycles. The van der Waals surface area contributed by atoms with Crippen LogP contribution in [0, 0.1) is 5.92 Å².